The second kappa shape index (κ2) is 8.68. The maximum absolute atomic E-state index is 10.1. The van der Waals surface area contributed by atoms with E-state index in [0.717, 1.165) is 28.7 Å². The van der Waals surface area contributed by atoms with Crippen LogP contribution < -0.4 is 5.32 Å². The molecule has 0 bridgehead atoms. The van der Waals surface area contributed by atoms with E-state index in [4.69, 9.17) is 0 Å². The van der Waals surface area contributed by atoms with E-state index in [1.165, 1.54) is 19.3 Å². The molecule has 0 aliphatic carbocycles. The molecular weight excluding hydrogens is 266 g/mol. The molecular formula is C12H21N3O3S. The van der Waals surface area contributed by atoms with Crippen LogP contribution in [0.2, 0.25) is 0 Å². The van der Waals surface area contributed by atoms with Gasteiger partial charge in [0.05, 0.1) is 5.69 Å². The molecule has 0 aliphatic heterocycles. The van der Waals surface area contributed by atoms with Crippen molar-refractivity contribution in [2.24, 2.45) is 0 Å². The number of hydrogen-bond donors (Lipinski definition) is 1. The Morgan fingerprint density at radius 2 is 2.21 bits per heavy atom. The molecule has 0 fully saturated rings. The first-order chi connectivity index (χ1) is 9.13. The Labute approximate surface area is 117 Å². The SMILES string of the molecule is CCCCCCNc1nc(C)c(CCO[N+](=O)[O-])s1. The minimum Gasteiger partial charge on any atom is -0.362 e. The molecule has 0 saturated heterocycles. The fraction of sp³-hybridized carbons (Fsp3) is 0.750. The highest BCUT2D eigenvalue weighted by molar-refractivity contribution is 7.15. The van der Waals surface area contributed by atoms with Gasteiger partial charge >= 0.3 is 0 Å². The van der Waals surface area contributed by atoms with Gasteiger partial charge in [-0.25, -0.2) is 4.98 Å². The van der Waals surface area contributed by atoms with Crippen molar-refractivity contribution in [3.63, 3.8) is 0 Å². The Kier molecular flexibility index (Phi) is 7.17. The van der Waals surface area contributed by atoms with Crippen molar-refractivity contribution in [1.82, 2.24) is 4.98 Å². The van der Waals surface area contributed by atoms with Gasteiger partial charge in [-0.2, -0.15) is 0 Å². The zero-order chi connectivity index (χ0) is 14.1. The number of nitrogens with one attached hydrogen (secondary N) is 1. The molecule has 7 heteroatoms. The van der Waals surface area contributed by atoms with Crippen LogP contribution in [0.25, 0.3) is 0 Å². The van der Waals surface area contributed by atoms with Crippen LogP contribution in [-0.4, -0.2) is 23.2 Å². The molecule has 1 aromatic heterocycles. The third kappa shape index (κ3) is 6.37. The molecule has 6 nitrogen and oxygen atoms in total. The Morgan fingerprint density at radius 3 is 2.89 bits per heavy atom. The third-order valence-electron chi connectivity index (χ3n) is 2.73. The Bertz CT molecular complexity index is 396. The summed E-state index contributed by atoms with van der Waals surface area (Å²) in [5.74, 6) is 0. The predicted octanol–water partition coefficient (Wildman–Crippen LogP) is 3.19. The molecule has 0 aromatic carbocycles. The van der Waals surface area contributed by atoms with Crippen molar-refractivity contribution >= 4 is 16.5 Å². The summed E-state index contributed by atoms with van der Waals surface area (Å²) in [5, 5.41) is 13.5. The predicted molar refractivity (Wildman–Crippen MR) is 76.1 cm³/mol. The fourth-order valence-corrected chi connectivity index (χ4v) is 2.66. The van der Waals surface area contributed by atoms with Gasteiger partial charge in [0.15, 0.2) is 5.13 Å². The summed E-state index contributed by atoms with van der Waals surface area (Å²) >= 11 is 1.55. The first kappa shape index (κ1) is 15.7. The number of nitrogens with zero attached hydrogens (tertiary/aromatic N) is 2. The normalized spacial score (nSPS) is 10.4. The fourth-order valence-electron chi connectivity index (χ4n) is 1.70. The zero-order valence-corrected chi connectivity index (χ0v) is 12.3. The van der Waals surface area contributed by atoms with E-state index in [2.05, 4.69) is 22.1 Å². The van der Waals surface area contributed by atoms with E-state index in [0.29, 0.717) is 6.42 Å². The topological polar surface area (TPSA) is 77.3 Å². The number of unbranched alkanes of at least 4 members (excludes halogenated alkanes) is 3. The Morgan fingerprint density at radius 1 is 1.42 bits per heavy atom. The second-order valence-electron chi connectivity index (χ2n) is 4.32. The summed E-state index contributed by atoms with van der Waals surface area (Å²) in [7, 11) is 0. The van der Waals surface area contributed by atoms with E-state index in [1.807, 2.05) is 6.92 Å². The first-order valence-electron chi connectivity index (χ1n) is 6.61. The minimum atomic E-state index is -0.761. The van der Waals surface area contributed by atoms with Crippen molar-refractivity contribution in [1.29, 1.82) is 0 Å². The molecule has 0 saturated carbocycles. The van der Waals surface area contributed by atoms with Crippen LogP contribution in [0, 0.1) is 17.0 Å². The summed E-state index contributed by atoms with van der Waals surface area (Å²) < 4.78 is 0. The minimum absolute atomic E-state index is 0.0893. The highest BCUT2D eigenvalue weighted by Crippen LogP contribution is 2.23. The number of anilines is 1. The smallest absolute Gasteiger partial charge is 0.294 e. The van der Waals surface area contributed by atoms with E-state index in [9.17, 15) is 10.1 Å². The highest BCUT2D eigenvalue weighted by Gasteiger charge is 2.07. The molecule has 0 aliphatic rings. The van der Waals surface area contributed by atoms with Crippen molar-refractivity contribution in [3.05, 3.63) is 20.7 Å². The molecule has 1 rings (SSSR count). The van der Waals surface area contributed by atoms with Gasteiger partial charge in [0.25, 0.3) is 5.09 Å². The average molecular weight is 287 g/mol. The second-order valence-corrected chi connectivity index (χ2v) is 5.41. The summed E-state index contributed by atoms with van der Waals surface area (Å²) in [6.45, 7) is 5.13. The first-order valence-corrected chi connectivity index (χ1v) is 7.42. The molecule has 0 unspecified atom stereocenters. The Hall–Kier alpha value is -1.37. The summed E-state index contributed by atoms with van der Waals surface area (Å²) in [5.41, 5.74) is 0.924. The van der Waals surface area contributed by atoms with Crippen LogP contribution in [0.3, 0.4) is 0 Å². The van der Waals surface area contributed by atoms with E-state index in [-0.39, 0.29) is 6.61 Å². The van der Waals surface area contributed by atoms with Crippen LogP contribution in [-0.2, 0) is 11.3 Å². The van der Waals surface area contributed by atoms with Gasteiger partial charge in [0.1, 0.15) is 6.61 Å². The van der Waals surface area contributed by atoms with E-state index >= 15 is 0 Å². The van der Waals surface area contributed by atoms with Crippen LogP contribution in [0.5, 0.6) is 0 Å². The van der Waals surface area contributed by atoms with E-state index in [1.54, 1.807) is 11.3 Å². The summed E-state index contributed by atoms with van der Waals surface area (Å²) in [4.78, 5) is 19.8. The number of aryl methyl sites for hydroxylation is 1. The summed E-state index contributed by atoms with van der Waals surface area (Å²) in [6.07, 6.45) is 5.41. The quantitative estimate of drug-likeness (QED) is 0.406. The Balaban J connectivity index is 2.30. The van der Waals surface area contributed by atoms with Crippen molar-refractivity contribution in [2.75, 3.05) is 18.5 Å². The van der Waals surface area contributed by atoms with E-state index < -0.39 is 5.09 Å². The number of aromatic nitrogens is 1. The number of rotatable bonds is 10. The van der Waals surface area contributed by atoms with Gasteiger partial charge in [-0.1, -0.05) is 26.2 Å². The monoisotopic (exact) mass is 287 g/mol. The highest BCUT2D eigenvalue weighted by atomic mass is 32.1. The largest absolute Gasteiger partial charge is 0.362 e. The van der Waals surface area contributed by atoms with Crippen LogP contribution >= 0.6 is 11.3 Å². The molecule has 0 spiro atoms. The number of thiazole rings is 1. The van der Waals surface area contributed by atoms with Gasteiger partial charge in [-0.05, 0) is 13.3 Å². The van der Waals surface area contributed by atoms with Crippen molar-refractivity contribution in [3.8, 4) is 0 Å². The standard InChI is InChI=1S/C12H21N3O3S/c1-3-4-5-6-8-13-12-14-10(2)11(19-12)7-9-18-15(16)17/h3-9H2,1-2H3,(H,13,14). The zero-order valence-electron chi connectivity index (χ0n) is 11.5. The van der Waals surface area contributed by atoms with Gasteiger partial charge in [0.2, 0.25) is 0 Å². The third-order valence-corrected chi connectivity index (χ3v) is 3.90. The molecule has 1 heterocycles. The van der Waals surface area contributed by atoms with Crippen molar-refractivity contribution < 1.29 is 9.92 Å². The van der Waals surface area contributed by atoms with Gasteiger partial charge in [0, 0.05) is 17.8 Å². The molecule has 19 heavy (non-hydrogen) atoms. The molecule has 0 atom stereocenters. The van der Waals surface area contributed by atoms with Crippen LogP contribution in [0.4, 0.5) is 5.13 Å². The van der Waals surface area contributed by atoms with Crippen molar-refractivity contribution in [2.45, 2.75) is 46.0 Å². The lowest BCUT2D eigenvalue weighted by Crippen LogP contribution is -2.04. The molecule has 0 amide bonds. The average Bonchev–Trinajstić information content (AvgIpc) is 2.69. The van der Waals surface area contributed by atoms with Gasteiger partial charge in [-0.15, -0.1) is 21.5 Å². The number of hydrogen-bond acceptors (Lipinski definition) is 6. The molecule has 108 valence electrons. The van der Waals surface area contributed by atoms with Crippen LogP contribution in [0.1, 0.15) is 43.2 Å². The lowest BCUT2D eigenvalue weighted by Gasteiger charge is -2.01. The van der Waals surface area contributed by atoms with Gasteiger partial charge in [-0.3, -0.25) is 0 Å². The lowest BCUT2D eigenvalue weighted by molar-refractivity contribution is -0.757. The molecule has 1 N–H and O–H groups in total. The molecule has 1 aromatic rings. The summed E-state index contributed by atoms with van der Waals surface area (Å²) in [6, 6.07) is 0. The maximum Gasteiger partial charge on any atom is 0.294 e. The van der Waals surface area contributed by atoms with Crippen LogP contribution in [0.15, 0.2) is 0 Å². The van der Waals surface area contributed by atoms with Gasteiger partial charge < -0.3 is 10.2 Å². The lowest BCUT2D eigenvalue weighted by atomic mass is 10.2. The molecule has 0 radical (unpaired) electrons. The maximum atomic E-state index is 10.1.